The maximum atomic E-state index is 11.1. The van der Waals surface area contributed by atoms with E-state index < -0.39 is 10.8 Å². The van der Waals surface area contributed by atoms with Crippen molar-refractivity contribution in [2.24, 2.45) is 5.92 Å². The van der Waals surface area contributed by atoms with E-state index in [-0.39, 0.29) is 0 Å². The molecule has 1 saturated heterocycles. The molecule has 0 aromatic carbocycles. The molecule has 82 valence electrons. The van der Waals surface area contributed by atoms with Crippen molar-refractivity contribution in [1.29, 1.82) is 0 Å². The van der Waals surface area contributed by atoms with Gasteiger partial charge in [0, 0.05) is 41.9 Å². The van der Waals surface area contributed by atoms with Gasteiger partial charge in [0.25, 0.3) is 0 Å². The minimum atomic E-state index is -0.619. The first-order valence-corrected chi connectivity index (χ1v) is 6.87. The maximum absolute atomic E-state index is 11.1. The molecule has 0 aromatic rings. The molecular weight excluding hydrogens is 216 g/mol. The summed E-state index contributed by atoms with van der Waals surface area (Å²) in [6.45, 7) is 6.88. The predicted octanol–water partition coefficient (Wildman–Crippen LogP) is 0.581. The van der Waals surface area contributed by atoms with Crippen molar-refractivity contribution in [2.75, 3.05) is 31.1 Å². The highest BCUT2D eigenvalue weighted by Crippen LogP contribution is 2.00. The number of rotatable bonds is 2. The van der Waals surface area contributed by atoms with Crippen LogP contribution in [0.15, 0.2) is 0 Å². The molecule has 1 aliphatic heterocycles. The lowest BCUT2D eigenvalue weighted by atomic mass is 10.2. The molecular formula is C9H18N2OS2. The quantitative estimate of drug-likeness (QED) is 0.709. The molecule has 0 bridgehead atoms. The zero-order valence-corrected chi connectivity index (χ0v) is 10.4. The van der Waals surface area contributed by atoms with E-state index in [1.807, 2.05) is 0 Å². The van der Waals surface area contributed by atoms with Crippen molar-refractivity contribution >= 4 is 28.1 Å². The van der Waals surface area contributed by atoms with E-state index in [0.717, 1.165) is 36.3 Å². The van der Waals surface area contributed by atoms with Gasteiger partial charge in [-0.15, -0.1) is 0 Å². The average molecular weight is 234 g/mol. The van der Waals surface area contributed by atoms with Gasteiger partial charge in [0.05, 0.1) is 0 Å². The maximum Gasteiger partial charge on any atom is 0.168 e. The summed E-state index contributed by atoms with van der Waals surface area (Å²) in [4.78, 5) is 2.11. The summed E-state index contributed by atoms with van der Waals surface area (Å²) in [6, 6.07) is 0. The molecule has 1 rings (SSSR count). The van der Waals surface area contributed by atoms with Crippen LogP contribution in [0.1, 0.15) is 13.8 Å². The van der Waals surface area contributed by atoms with E-state index in [2.05, 4.69) is 24.1 Å². The second-order valence-corrected chi connectivity index (χ2v) is 6.00. The first kappa shape index (κ1) is 11.9. The van der Waals surface area contributed by atoms with Crippen molar-refractivity contribution in [3.05, 3.63) is 0 Å². The third-order valence-corrected chi connectivity index (χ3v) is 3.80. The van der Waals surface area contributed by atoms with Gasteiger partial charge in [0.2, 0.25) is 0 Å². The monoisotopic (exact) mass is 234 g/mol. The number of hydrogen-bond acceptors (Lipinski definition) is 2. The fraction of sp³-hybridized carbons (Fsp3) is 0.889. The lowest BCUT2D eigenvalue weighted by molar-refractivity contribution is 0.441. The Morgan fingerprint density at radius 1 is 1.50 bits per heavy atom. The summed E-state index contributed by atoms with van der Waals surface area (Å²) < 4.78 is 11.1. The number of nitrogens with one attached hydrogen (secondary N) is 1. The highest BCUT2D eigenvalue weighted by molar-refractivity contribution is 7.85. The summed E-state index contributed by atoms with van der Waals surface area (Å²) >= 11 is 5.25. The van der Waals surface area contributed by atoms with Gasteiger partial charge in [-0.05, 0) is 18.1 Å². The largest absolute Gasteiger partial charge is 0.362 e. The molecule has 0 spiro atoms. The smallest absolute Gasteiger partial charge is 0.168 e. The Labute approximate surface area is 93.7 Å². The minimum Gasteiger partial charge on any atom is -0.362 e. The lowest BCUT2D eigenvalue weighted by Gasteiger charge is -2.29. The fourth-order valence-corrected chi connectivity index (χ4v) is 2.56. The highest BCUT2D eigenvalue weighted by Gasteiger charge is 2.16. The Bertz CT molecular complexity index is 221. The van der Waals surface area contributed by atoms with E-state index in [9.17, 15) is 4.21 Å². The Balaban J connectivity index is 2.27. The Morgan fingerprint density at radius 3 is 2.57 bits per heavy atom. The molecule has 0 aliphatic carbocycles. The molecule has 0 aromatic heterocycles. The first-order valence-electron chi connectivity index (χ1n) is 4.97. The topological polar surface area (TPSA) is 32.3 Å². The van der Waals surface area contributed by atoms with E-state index in [0.29, 0.717) is 5.92 Å². The normalized spacial score (nSPS) is 18.6. The Kier molecular flexibility index (Phi) is 4.81. The van der Waals surface area contributed by atoms with Crippen LogP contribution in [0, 0.1) is 5.92 Å². The fourth-order valence-electron chi connectivity index (χ4n) is 1.24. The first-order chi connectivity index (χ1) is 6.59. The van der Waals surface area contributed by atoms with Crippen molar-refractivity contribution in [3.8, 4) is 0 Å². The molecule has 0 atom stereocenters. The predicted molar refractivity (Wildman–Crippen MR) is 64.9 cm³/mol. The SMILES string of the molecule is CC(C)CNC(=S)N1CCS(=O)CC1. The molecule has 1 N–H and O–H groups in total. The van der Waals surface area contributed by atoms with Gasteiger partial charge in [-0.2, -0.15) is 0 Å². The molecule has 14 heavy (non-hydrogen) atoms. The molecule has 0 unspecified atom stereocenters. The van der Waals surface area contributed by atoms with E-state index in [4.69, 9.17) is 12.2 Å². The molecule has 1 aliphatic rings. The van der Waals surface area contributed by atoms with Crippen LogP contribution < -0.4 is 5.32 Å². The van der Waals surface area contributed by atoms with Crippen LogP contribution in [0.5, 0.6) is 0 Å². The minimum absolute atomic E-state index is 0.604. The van der Waals surface area contributed by atoms with Gasteiger partial charge >= 0.3 is 0 Å². The summed E-state index contributed by atoms with van der Waals surface area (Å²) in [7, 11) is -0.619. The highest BCUT2D eigenvalue weighted by atomic mass is 32.2. The summed E-state index contributed by atoms with van der Waals surface area (Å²) in [6.07, 6.45) is 0. The zero-order valence-electron chi connectivity index (χ0n) is 8.78. The second kappa shape index (κ2) is 5.66. The van der Waals surface area contributed by atoms with E-state index in [1.165, 1.54) is 0 Å². The summed E-state index contributed by atoms with van der Waals surface area (Å²) in [5.74, 6) is 2.11. The van der Waals surface area contributed by atoms with Crippen molar-refractivity contribution in [2.45, 2.75) is 13.8 Å². The van der Waals surface area contributed by atoms with Crippen molar-refractivity contribution in [3.63, 3.8) is 0 Å². The van der Waals surface area contributed by atoms with Crippen LogP contribution in [0.2, 0.25) is 0 Å². The van der Waals surface area contributed by atoms with Gasteiger partial charge in [-0.3, -0.25) is 4.21 Å². The number of hydrogen-bond donors (Lipinski definition) is 1. The molecule has 0 radical (unpaired) electrons. The molecule has 5 heteroatoms. The Hall–Kier alpha value is -0.160. The van der Waals surface area contributed by atoms with Gasteiger partial charge in [0.15, 0.2) is 5.11 Å². The third-order valence-electron chi connectivity index (χ3n) is 2.13. The molecule has 3 nitrogen and oxygen atoms in total. The van der Waals surface area contributed by atoms with Crippen molar-refractivity contribution in [1.82, 2.24) is 10.2 Å². The lowest BCUT2D eigenvalue weighted by Crippen LogP contribution is -2.47. The van der Waals surface area contributed by atoms with E-state index >= 15 is 0 Å². The van der Waals surface area contributed by atoms with Crippen LogP contribution in [0.3, 0.4) is 0 Å². The van der Waals surface area contributed by atoms with Crippen LogP contribution in [-0.4, -0.2) is 45.4 Å². The van der Waals surface area contributed by atoms with E-state index in [1.54, 1.807) is 0 Å². The van der Waals surface area contributed by atoms with Crippen molar-refractivity contribution < 1.29 is 4.21 Å². The summed E-state index contributed by atoms with van der Waals surface area (Å²) in [5.41, 5.74) is 0. The van der Waals surface area contributed by atoms with Gasteiger partial charge < -0.3 is 10.2 Å². The van der Waals surface area contributed by atoms with Crippen LogP contribution in [0.25, 0.3) is 0 Å². The molecule has 1 fully saturated rings. The van der Waals surface area contributed by atoms with Crippen LogP contribution in [-0.2, 0) is 10.8 Å². The third kappa shape index (κ3) is 3.92. The van der Waals surface area contributed by atoms with Gasteiger partial charge in [-0.1, -0.05) is 13.8 Å². The molecule has 0 amide bonds. The van der Waals surface area contributed by atoms with Crippen LogP contribution >= 0.6 is 12.2 Å². The Morgan fingerprint density at radius 2 is 2.07 bits per heavy atom. The molecule has 0 saturated carbocycles. The molecule has 1 heterocycles. The average Bonchev–Trinajstić information content (AvgIpc) is 2.15. The zero-order chi connectivity index (χ0) is 10.6. The van der Waals surface area contributed by atoms with Gasteiger partial charge in [-0.25, -0.2) is 0 Å². The summed E-state index contributed by atoms with van der Waals surface area (Å²) in [5, 5.41) is 4.04. The standard InChI is InChI=1S/C9H18N2OS2/c1-8(2)7-10-9(13)11-3-5-14(12)6-4-11/h8H,3-7H2,1-2H3,(H,10,13). The number of nitrogens with zero attached hydrogens (tertiary/aromatic N) is 1. The second-order valence-electron chi connectivity index (χ2n) is 3.92. The number of thiocarbonyl (C=S) groups is 1. The van der Waals surface area contributed by atoms with Gasteiger partial charge in [0.1, 0.15) is 0 Å². The van der Waals surface area contributed by atoms with Crippen LogP contribution in [0.4, 0.5) is 0 Å².